The summed E-state index contributed by atoms with van der Waals surface area (Å²) in [5.41, 5.74) is -0.449. The van der Waals surface area contributed by atoms with Gasteiger partial charge in [0.25, 0.3) is 0 Å². The Morgan fingerprint density at radius 1 is 1.50 bits per heavy atom. The van der Waals surface area contributed by atoms with E-state index < -0.39 is 24.0 Å². The van der Waals surface area contributed by atoms with Gasteiger partial charge in [-0.25, -0.2) is 9.18 Å². The minimum Gasteiger partial charge on any atom is -0.478 e. The van der Waals surface area contributed by atoms with Crippen molar-refractivity contribution >= 4 is 21.9 Å². The predicted octanol–water partition coefficient (Wildman–Crippen LogP) is 3.02. The average Bonchev–Trinajstić information content (AvgIpc) is 2.16. The zero-order valence-electron chi connectivity index (χ0n) is 7.71. The number of carboxylic acids is 1. The number of hydrogen-bond acceptors (Lipinski definition) is 2. The summed E-state index contributed by atoms with van der Waals surface area (Å²) in [6.07, 6.45) is 0. The maximum atomic E-state index is 13.1. The van der Waals surface area contributed by atoms with Gasteiger partial charge in [-0.2, -0.15) is 8.78 Å². The lowest BCUT2D eigenvalue weighted by molar-refractivity contribution is -0.0504. The summed E-state index contributed by atoms with van der Waals surface area (Å²) in [4.78, 5) is 10.6. The van der Waals surface area contributed by atoms with Gasteiger partial charge in [-0.05, 0) is 6.07 Å². The molecule has 0 spiro atoms. The topological polar surface area (TPSA) is 46.5 Å². The van der Waals surface area contributed by atoms with Crippen molar-refractivity contribution in [3.63, 3.8) is 0 Å². The fourth-order valence-electron chi connectivity index (χ4n) is 1.07. The highest BCUT2D eigenvalue weighted by Gasteiger charge is 2.17. The van der Waals surface area contributed by atoms with Gasteiger partial charge in [0.2, 0.25) is 0 Å². The third-order valence-corrected chi connectivity index (χ3v) is 2.34. The SMILES string of the molecule is O=C(O)c1cc(CBr)c(OC(F)F)cc1F. The molecule has 0 aliphatic carbocycles. The standard InChI is InChI=1S/C9H6BrF3O3/c10-3-4-1-5(8(14)15)6(11)2-7(4)16-9(12)13/h1-2,9H,3H2,(H,14,15). The maximum Gasteiger partial charge on any atom is 0.387 e. The van der Waals surface area contributed by atoms with Crippen molar-refractivity contribution in [1.82, 2.24) is 0 Å². The summed E-state index contributed by atoms with van der Waals surface area (Å²) < 4.78 is 41.1. The van der Waals surface area contributed by atoms with Crippen LogP contribution in [0, 0.1) is 5.82 Å². The van der Waals surface area contributed by atoms with E-state index in [9.17, 15) is 18.0 Å². The fourth-order valence-corrected chi connectivity index (χ4v) is 1.51. The van der Waals surface area contributed by atoms with E-state index in [1.807, 2.05) is 0 Å². The van der Waals surface area contributed by atoms with Crippen LogP contribution >= 0.6 is 15.9 Å². The van der Waals surface area contributed by atoms with Gasteiger partial charge in [0.15, 0.2) is 0 Å². The van der Waals surface area contributed by atoms with Crippen molar-refractivity contribution in [3.8, 4) is 5.75 Å². The first-order valence-corrected chi connectivity index (χ1v) is 5.14. The van der Waals surface area contributed by atoms with Gasteiger partial charge in [0, 0.05) is 17.0 Å². The molecule has 1 N–H and O–H groups in total. The van der Waals surface area contributed by atoms with Gasteiger partial charge < -0.3 is 9.84 Å². The van der Waals surface area contributed by atoms with Crippen LogP contribution in [0.2, 0.25) is 0 Å². The quantitative estimate of drug-likeness (QED) is 0.869. The lowest BCUT2D eigenvalue weighted by atomic mass is 10.1. The molecule has 0 unspecified atom stereocenters. The third kappa shape index (κ3) is 2.88. The molecule has 0 atom stereocenters. The molecule has 0 bridgehead atoms. The Balaban J connectivity index is 3.21. The normalized spacial score (nSPS) is 10.6. The van der Waals surface area contributed by atoms with Gasteiger partial charge in [-0.3, -0.25) is 0 Å². The molecule has 0 fully saturated rings. The number of hydrogen-bond donors (Lipinski definition) is 1. The molecule has 7 heteroatoms. The monoisotopic (exact) mass is 298 g/mol. The molecule has 0 amide bonds. The number of halogens is 4. The number of rotatable bonds is 4. The molecule has 0 saturated heterocycles. The Hall–Kier alpha value is -1.24. The summed E-state index contributed by atoms with van der Waals surface area (Å²) in [6.45, 7) is -3.09. The highest BCUT2D eigenvalue weighted by molar-refractivity contribution is 9.08. The van der Waals surface area contributed by atoms with Crippen molar-refractivity contribution in [2.24, 2.45) is 0 Å². The third-order valence-electron chi connectivity index (χ3n) is 1.74. The Morgan fingerprint density at radius 2 is 2.12 bits per heavy atom. The van der Waals surface area contributed by atoms with E-state index in [4.69, 9.17) is 5.11 Å². The molecule has 0 aliphatic heterocycles. The Labute approximate surface area is 97.0 Å². The summed E-state index contributed by atoms with van der Waals surface area (Å²) in [5, 5.41) is 8.69. The van der Waals surface area contributed by atoms with E-state index in [1.165, 1.54) is 0 Å². The zero-order chi connectivity index (χ0) is 12.3. The van der Waals surface area contributed by atoms with Crippen LogP contribution in [0.25, 0.3) is 0 Å². The van der Waals surface area contributed by atoms with Crippen molar-refractivity contribution in [3.05, 3.63) is 29.1 Å². The van der Waals surface area contributed by atoms with Gasteiger partial charge >= 0.3 is 12.6 Å². The van der Waals surface area contributed by atoms with E-state index in [0.717, 1.165) is 6.07 Å². The van der Waals surface area contributed by atoms with E-state index in [2.05, 4.69) is 20.7 Å². The van der Waals surface area contributed by atoms with Crippen molar-refractivity contribution < 1.29 is 27.8 Å². The predicted molar refractivity (Wildman–Crippen MR) is 52.6 cm³/mol. The van der Waals surface area contributed by atoms with E-state index in [0.29, 0.717) is 6.07 Å². The number of alkyl halides is 3. The minimum atomic E-state index is -3.09. The lowest BCUT2D eigenvalue weighted by Gasteiger charge is -2.10. The van der Waals surface area contributed by atoms with Crippen LogP contribution in [0.15, 0.2) is 12.1 Å². The van der Waals surface area contributed by atoms with E-state index in [-0.39, 0.29) is 16.6 Å². The number of carbonyl (C=O) groups is 1. The smallest absolute Gasteiger partial charge is 0.387 e. The molecule has 0 saturated carbocycles. The highest BCUT2D eigenvalue weighted by Crippen LogP contribution is 2.26. The molecule has 3 nitrogen and oxygen atoms in total. The van der Waals surface area contributed by atoms with Gasteiger partial charge in [0.1, 0.15) is 11.6 Å². The Kier molecular flexibility index (Phi) is 4.17. The molecular weight excluding hydrogens is 293 g/mol. The first kappa shape index (κ1) is 12.8. The summed E-state index contributed by atoms with van der Waals surface area (Å²) in [7, 11) is 0. The number of carboxylic acid groups (broad SMARTS) is 1. The number of aromatic carboxylic acids is 1. The molecule has 0 radical (unpaired) electrons. The van der Waals surface area contributed by atoms with E-state index in [1.54, 1.807) is 0 Å². The molecular formula is C9H6BrF3O3. The summed E-state index contributed by atoms with van der Waals surface area (Å²) >= 11 is 2.97. The molecule has 16 heavy (non-hydrogen) atoms. The first-order valence-electron chi connectivity index (χ1n) is 4.02. The van der Waals surface area contributed by atoms with Crippen LogP contribution in [-0.4, -0.2) is 17.7 Å². The molecule has 1 rings (SSSR count). The van der Waals surface area contributed by atoms with Crippen molar-refractivity contribution in [2.75, 3.05) is 0 Å². The molecule has 0 aliphatic rings. The highest BCUT2D eigenvalue weighted by atomic mass is 79.9. The average molecular weight is 299 g/mol. The van der Waals surface area contributed by atoms with Crippen molar-refractivity contribution in [1.29, 1.82) is 0 Å². The molecule has 1 aromatic rings. The molecule has 88 valence electrons. The van der Waals surface area contributed by atoms with Crippen LogP contribution in [0.4, 0.5) is 13.2 Å². The maximum absolute atomic E-state index is 13.1. The molecule has 0 aromatic heterocycles. The second kappa shape index (κ2) is 5.20. The van der Waals surface area contributed by atoms with Crippen molar-refractivity contribution in [2.45, 2.75) is 11.9 Å². The largest absolute Gasteiger partial charge is 0.478 e. The zero-order valence-corrected chi connectivity index (χ0v) is 9.30. The summed E-state index contributed by atoms with van der Waals surface area (Å²) in [5.74, 6) is -2.97. The second-order valence-electron chi connectivity index (χ2n) is 2.76. The Morgan fingerprint density at radius 3 is 2.56 bits per heavy atom. The number of benzene rings is 1. The molecule has 1 aromatic carbocycles. The van der Waals surface area contributed by atoms with Crippen LogP contribution in [0.5, 0.6) is 5.75 Å². The second-order valence-corrected chi connectivity index (χ2v) is 3.32. The minimum absolute atomic E-state index is 0.0790. The van der Waals surface area contributed by atoms with Crippen LogP contribution in [0.3, 0.4) is 0 Å². The fraction of sp³-hybridized carbons (Fsp3) is 0.222. The van der Waals surface area contributed by atoms with Crippen LogP contribution in [-0.2, 0) is 5.33 Å². The van der Waals surface area contributed by atoms with Gasteiger partial charge in [-0.1, -0.05) is 15.9 Å². The molecule has 0 heterocycles. The van der Waals surface area contributed by atoms with E-state index >= 15 is 0 Å². The number of ether oxygens (including phenoxy) is 1. The lowest BCUT2D eigenvalue weighted by Crippen LogP contribution is -2.07. The van der Waals surface area contributed by atoms with Crippen LogP contribution < -0.4 is 4.74 Å². The first-order chi connectivity index (χ1) is 7.45. The van der Waals surface area contributed by atoms with Crippen LogP contribution in [0.1, 0.15) is 15.9 Å². The Bertz CT molecular complexity index is 409. The van der Waals surface area contributed by atoms with Gasteiger partial charge in [-0.15, -0.1) is 0 Å². The van der Waals surface area contributed by atoms with Gasteiger partial charge in [0.05, 0.1) is 5.56 Å². The summed E-state index contributed by atoms with van der Waals surface area (Å²) in [6, 6.07) is 1.58.